The quantitative estimate of drug-likeness (QED) is 0.858. The minimum Gasteiger partial charge on any atom is -0.380 e. The van der Waals surface area contributed by atoms with Crippen molar-refractivity contribution in [2.24, 2.45) is 11.1 Å². The van der Waals surface area contributed by atoms with Gasteiger partial charge >= 0.3 is 0 Å². The number of rotatable bonds is 6. The summed E-state index contributed by atoms with van der Waals surface area (Å²) >= 11 is 0. The van der Waals surface area contributed by atoms with Gasteiger partial charge in [0.15, 0.2) is 0 Å². The lowest BCUT2D eigenvalue weighted by atomic mass is 9.94. The molecule has 0 saturated heterocycles. The summed E-state index contributed by atoms with van der Waals surface area (Å²) in [4.78, 5) is 2.34. The Bertz CT molecular complexity index is 385. The lowest BCUT2D eigenvalue weighted by Gasteiger charge is -2.33. The third-order valence-electron chi connectivity index (χ3n) is 3.13. The maximum absolute atomic E-state index is 5.98. The van der Waals surface area contributed by atoms with Crippen molar-refractivity contribution in [2.45, 2.75) is 33.4 Å². The van der Waals surface area contributed by atoms with Gasteiger partial charge in [0, 0.05) is 26.2 Å². The molecule has 0 aliphatic carbocycles. The van der Waals surface area contributed by atoms with Crippen LogP contribution in [0, 0.1) is 5.41 Å². The van der Waals surface area contributed by atoms with Gasteiger partial charge in [0.05, 0.1) is 6.61 Å². The van der Waals surface area contributed by atoms with Crippen molar-refractivity contribution < 1.29 is 4.74 Å². The molecule has 1 atom stereocenters. The monoisotopic (exact) mass is 264 g/mol. The third kappa shape index (κ3) is 5.31. The zero-order valence-electron chi connectivity index (χ0n) is 12.9. The van der Waals surface area contributed by atoms with Crippen LogP contribution in [0.25, 0.3) is 0 Å². The van der Waals surface area contributed by atoms with Crippen molar-refractivity contribution in [3.8, 4) is 0 Å². The van der Waals surface area contributed by atoms with Crippen LogP contribution in [0.3, 0.4) is 0 Å². The molecule has 1 unspecified atom stereocenters. The molecule has 108 valence electrons. The molecule has 1 rings (SSSR count). The molecule has 1 aromatic rings. The highest BCUT2D eigenvalue weighted by Crippen LogP contribution is 2.24. The van der Waals surface area contributed by atoms with Crippen LogP contribution in [0.5, 0.6) is 0 Å². The van der Waals surface area contributed by atoms with E-state index in [-0.39, 0.29) is 11.5 Å². The van der Waals surface area contributed by atoms with Gasteiger partial charge in [-0.15, -0.1) is 0 Å². The van der Waals surface area contributed by atoms with Crippen molar-refractivity contribution in [1.82, 2.24) is 4.90 Å². The van der Waals surface area contributed by atoms with Crippen LogP contribution in [-0.2, 0) is 11.3 Å². The van der Waals surface area contributed by atoms with Gasteiger partial charge in [-0.1, -0.05) is 45.0 Å². The molecular weight excluding hydrogens is 236 g/mol. The Labute approximate surface area is 117 Å². The van der Waals surface area contributed by atoms with Crippen LogP contribution < -0.4 is 5.73 Å². The maximum atomic E-state index is 5.98. The lowest BCUT2D eigenvalue weighted by molar-refractivity contribution is 0.174. The fourth-order valence-electron chi connectivity index (χ4n) is 2.49. The number of hydrogen-bond donors (Lipinski definition) is 1. The molecule has 0 aromatic heterocycles. The summed E-state index contributed by atoms with van der Waals surface area (Å²) in [7, 11) is 3.87. The second-order valence-corrected chi connectivity index (χ2v) is 6.41. The average Bonchev–Trinajstić information content (AvgIpc) is 2.28. The van der Waals surface area contributed by atoms with Gasteiger partial charge in [0.2, 0.25) is 0 Å². The van der Waals surface area contributed by atoms with Crippen LogP contribution in [0.2, 0.25) is 0 Å². The minimum absolute atomic E-state index is 0.260. The first-order valence-electron chi connectivity index (χ1n) is 6.85. The fraction of sp³-hybridized carbons (Fsp3) is 0.625. The zero-order valence-corrected chi connectivity index (χ0v) is 12.9. The Morgan fingerprint density at radius 3 is 2.53 bits per heavy atom. The molecule has 3 nitrogen and oxygen atoms in total. The van der Waals surface area contributed by atoms with E-state index >= 15 is 0 Å². The Morgan fingerprint density at radius 2 is 2.00 bits per heavy atom. The van der Waals surface area contributed by atoms with Crippen molar-refractivity contribution in [3.05, 3.63) is 35.4 Å². The van der Waals surface area contributed by atoms with E-state index in [0.717, 1.165) is 6.54 Å². The summed E-state index contributed by atoms with van der Waals surface area (Å²) in [6, 6.07) is 8.77. The summed E-state index contributed by atoms with van der Waals surface area (Å²) in [5.41, 5.74) is 8.71. The van der Waals surface area contributed by atoms with E-state index in [9.17, 15) is 0 Å². The standard InChI is InChI=1S/C16H28N2O/c1-16(2,3)12-18(4)15(10-17)14-8-6-7-13(9-14)11-19-5/h6-9,15H,10-12,17H2,1-5H3. The third-order valence-corrected chi connectivity index (χ3v) is 3.13. The van der Waals surface area contributed by atoms with E-state index in [1.54, 1.807) is 7.11 Å². The molecule has 0 aliphatic rings. The molecule has 0 amide bonds. The van der Waals surface area contributed by atoms with Crippen molar-refractivity contribution in [2.75, 3.05) is 27.2 Å². The summed E-state index contributed by atoms with van der Waals surface area (Å²) in [6.07, 6.45) is 0. The van der Waals surface area contributed by atoms with Crippen LogP contribution in [0.4, 0.5) is 0 Å². The first kappa shape index (κ1) is 16.2. The molecule has 19 heavy (non-hydrogen) atoms. The minimum atomic E-state index is 0.260. The number of hydrogen-bond acceptors (Lipinski definition) is 3. The normalized spacial score (nSPS) is 13.8. The molecule has 0 aliphatic heterocycles. The zero-order chi connectivity index (χ0) is 14.5. The highest BCUT2D eigenvalue weighted by atomic mass is 16.5. The maximum Gasteiger partial charge on any atom is 0.0713 e. The van der Waals surface area contributed by atoms with Crippen LogP contribution in [0.1, 0.15) is 37.9 Å². The van der Waals surface area contributed by atoms with E-state index in [0.29, 0.717) is 13.2 Å². The van der Waals surface area contributed by atoms with Gasteiger partial charge in [-0.25, -0.2) is 0 Å². The molecule has 0 spiro atoms. The molecule has 0 saturated carbocycles. The van der Waals surface area contributed by atoms with Crippen LogP contribution in [-0.4, -0.2) is 32.1 Å². The predicted molar refractivity (Wildman–Crippen MR) is 81.0 cm³/mol. The highest BCUT2D eigenvalue weighted by molar-refractivity contribution is 5.26. The van der Waals surface area contributed by atoms with E-state index in [1.807, 2.05) is 0 Å². The molecule has 0 radical (unpaired) electrons. The number of benzene rings is 1. The number of ether oxygens (including phenoxy) is 1. The molecule has 3 heteroatoms. The van der Waals surface area contributed by atoms with E-state index in [1.165, 1.54) is 11.1 Å². The second-order valence-electron chi connectivity index (χ2n) is 6.41. The molecule has 0 heterocycles. The van der Waals surface area contributed by atoms with Crippen LogP contribution in [0.15, 0.2) is 24.3 Å². The molecule has 2 N–H and O–H groups in total. The first-order chi connectivity index (χ1) is 8.87. The number of nitrogens with two attached hydrogens (primary N) is 1. The van der Waals surface area contributed by atoms with Crippen molar-refractivity contribution in [1.29, 1.82) is 0 Å². The average molecular weight is 264 g/mol. The summed E-state index contributed by atoms with van der Waals surface area (Å²) in [6.45, 7) is 9.04. The highest BCUT2D eigenvalue weighted by Gasteiger charge is 2.21. The largest absolute Gasteiger partial charge is 0.380 e. The summed E-state index contributed by atoms with van der Waals surface area (Å²) in [5.74, 6) is 0. The second kappa shape index (κ2) is 7.04. The molecule has 1 aromatic carbocycles. The lowest BCUT2D eigenvalue weighted by Crippen LogP contribution is -2.36. The summed E-state index contributed by atoms with van der Waals surface area (Å²) < 4.78 is 5.19. The topological polar surface area (TPSA) is 38.5 Å². The van der Waals surface area contributed by atoms with Gasteiger partial charge in [-0.3, -0.25) is 4.90 Å². The van der Waals surface area contributed by atoms with E-state index in [2.05, 4.69) is 57.0 Å². The van der Waals surface area contributed by atoms with Gasteiger partial charge in [-0.05, 0) is 23.6 Å². The fourth-order valence-corrected chi connectivity index (χ4v) is 2.49. The SMILES string of the molecule is COCc1cccc(C(CN)N(C)CC(C)(C)C)c1. The van der Waals surface area contributed by atoms with Gasteiger partial charge < -0.3 is 10.5 Å². The molecule has 0 bridgehead atoms. The van der Waals surface area contributed by atoms with Crippen molar-refractivity contribution >= 4 is 0 Å². The number of methoxy groups -OCH3 is 1. The van der Waals surface area contributed by atoms with Crippen LogP contribution >= 0.6 is 0 Å². The number of nitrogens with zero attached hydrogens (tertiary/aromatic N) is 1. The molecule has 0 fully saturated rings. The Hall–Kier alpha value is -0.900. The number of likely N-dealkylation sites (N-methyl/N-ethyl adjacent to an activating group) is 1. The van der Waals surface area contributed by atoms with E-state index < -0.39 is 0 Å². The van der Waals surface area contributed by atoms with Gasteiger partial charge in [0.25, 0.3) is 0 Å². The van der Waals surface area contributed by atoms with Gasteiger partial charge in [-0.2, -0.15) is 0 Å². The molecular formula is C16H28N2O. The Morgan fingerprint density at radius 1 is 1.32 bits per heavy atom. The summed E-state index contributed by atoms with van der Waals surface area (Å²) in [5, 5.41) is 0. The first-order valence-corrected chi connectivity index (χ1v) is 6.85. The predicted octanol–water partition coefficient (Wildman–Crippen LogP) is 2.81. The van der Waals surface area contributed by atoms with E-state index in [4.69, 9.17) is 10.5 Å². The van der Waals surface area contributed by atoms with Crippen molar-refractivity contribution in [3.63, 3.8) is 0 Å². The van der Waals surface area contributed by atoms with Gasteiger partial charge in [0.1, 0.15) is 0 Å². The Balaban J connectivity index is 2.87. The smallest absolute Gasteiger partial charge is 0.0713 e. The Kier molecular flexibility index (Phi) is 5.98.